The van der Waals surface area contributed by atoms with Crippen molar-refractivity contribution in [3.63, 3.8) is 0 Å². The van der Waals surface area contributed by atoms with E-state index in [1.54, 1.807) is 13.3 Å². The van der Waals surface area contributed by atoms with Gasteiger partial charge >= 0.3 is 0 Å². The molecule has 33 heavy (non-hydrogen) atoms. The number of hydrogen-bond acceptors (Lipinski definition) is 4. The highest BCUT2D eigenvalue weighted by atomic mass is 127. The van der Waals surface area contributed by atoms with Crippen molar-refractivity contribution < 1.29 is 14.2 Å². The third kappa shape index (κ3) is 6.49. The number of hydrogen-bond donors (Lipinski definition) is 0. The van der Waals surface area contributed by atoms with Crippen LogP contribution in [0.5, 0.6) is 23.0 Å². The van der Waals surface area contributed by atoms with Crippen molar-refractivity contribution >= 4 is 46.1 Å². The molecule has 0 aliphatic rings. The highest BCUT2D eigenvalue weighted by molar-refractivity contribution is 14.1. The predicted molar refractivity (Wildman–Crippen MR) is 142 cm³/mol. The molecule has 166 valence electrons. The zero-order valence-electron chi connectivity index (χ0n) is 17.9. The molecule has 0 amide bonds. The van der Waals surface area contributed by atoms with Crippen LogP contribution in [-0.2, 0) is 6.61 Å². The highest BCUT2D eigenvalue weighted by Crippen LogP contribution is 2.34. The number of rotatable bonds is 8. The second-order valence-corrected chi connectivity index (χ2v) is 8.72. The summed E-state index contributed by atoms with van der Waals surface area (Å²) in [6, 6.07) is 28.8. The van der Waals surface area contributed by atoms with Gasteiger partial charge in [0.05, 0.1) is 16.4 Å². The van der Waals surface area contributed by atoms with Crippen LogP contribution in [0.4, 0.5) is 5.69 Å². The summed E-state index contributed by atoms with van der Waals surface area (Å²) in [6.45, 7) is 0.425. The maximum absolute atomic E-state index is 6.03. The number of methoxy groups -OCH3 is 1. The van der Waals surface area contributed by atoms with E-state index in [2.05, 4.69) is 27.6 Å². The van der Waals surface area contributed by atoms with Gasteiger partial charge in [-0.05, 0) is 94.4 Å². The minimum absolute atomic E-state index is 0.425. The fraction of sp³-hybridized carbons (Fsp3) is 0.0741. The number of para-hydroxylation sites is 1. The van der Waals surface area contributed by atoms with Crippen molar-refractivity contribution in [3.05, 3.63) is 111 Å². The van der Waals surface area contributed by atoms with Crippen LogP contribution in [0.2, 0.25) is 5.02 Å². The van der Waals surface area contributed by atoms with Gasteiger partial charge in [-0.25, -0.2) is 0 Å². The molecule has 4 rings (SSSR count). The van der Waals surface area contributed by atoms with E-state index in [4.69, 9.17) is 25.8 Å². The Bertz CT molecular complexity index is 1230. The van der Waals surface area contributed by atoms with Crippen LogP contribution in [-0.4, -0.2) is 13.3 Å². The molecule has 0 aromatic heterocycles. The van der Waals surface area contributed by atoms with Gasteiger partial charge in [0.15, 0.2) is 11.5 Å². The van der Waals surface area contributed by atoms with E-state index < -0.39 is 0 Å². The van der Waals surface area contributed by atoms with Gasteiger partial charge in [0.1, 0.15) is 18.1 Å². The molecular formula is C27H21ClINO3. The zero-order chi connectivity index (χ0) is 23.0. The molecule has 0 aliphatic carbocycles. The van der Waals surface area contributed by atoms with Gasteiger partial charge in [-0.1, -0.05) is 41.9 Å². The first-order chi connectivity index (χ1) is 16.1. The van der Waals surface area contributed by atoms with Crippen molar-refractivity contribution in [2.75, 3.05) is 7.11 Å². The number of nitrogens with zero attached hydrogens (tertiary/aromatic N) is 1. The summed E-state index contributed by atoms with van der Waals surface area (Å²) in [4.78, 5) is 4.58. The van der Waals surface area contributed by atoms with Crippen LogP contribution >= 0.6 is 34.2 Å². The Morgan fingerprint density at radius 3 is 2.27 bits per heavy atom. The van der Waals surface area contributed by atoms with E-state index in [-0.39, 0.29) is 0 Å². The van der Waals surface area contributed by atoms with Gasteiger partial charge in [-0.3, -0.25) is 4.99 Å². The number of halogens is 2. The van der Waals surface area contributed by atoms with Crippen molar-refractivity contribution in [2.45, 2.75) is 6.61 Å². The van der Waals surface area contributed by atoms with Crippen molar-refractivity contribution in [1.29, 1.82) is 0 Å². The fourth-order valence-corrected chi connectivity index (χ4v) is 3.97. The van der Waals surface area contributed by atoms with E-state index in [9.17, 15) is 0 Å². The fourth-order valence-electron chi connectivity index (χ4n) is 3.06. The van der Waals surface area contributed by atoms with Crippen LogP contribution in [0.15, 0.2) is 96.0 Å². The SMILES string of the molecule is COc1cc(C=Nc2ccc(Oc3ccccc3)cc2)cc(I)c1OCc1ccc(Cl)cc1. The normalized spacial score (nSPS) is 10.9. The molecule has 6 heteroatoms. The number of ether oxygens (including phenoxy) is 3. The van der Waals surface area contributed by atoms with Gasteiger partial charge in [-0.15, -0.1) is 0 Å². The standard InChI is InChI=1S/C27H21ClINO3/c1-31-26-16-20(15-25(29)27(26)32-18-19-7-9-21(28)10-8-19)17-30-22-11-13-24(14-12-22)33-23-5-3-2-4-6-23/h2-17H,18H2,1H3. The van der Waals surface area contributed by atoms with Crippen molar-refractivity contribution in [2.24, 2.45) is 4.99 Å². The van der Waals surface area contributed by atoms with Crippen molar-refractivity contribution in [1.82, 2.24) is 0 Å². The Kier molecular flexibility index (Phi) is 7.86. The number of aliphatic imine (C=N–C) groups is 1. The average Bonchev–Trinajstić information content (AvgIpc) is 2.84. The molecule has 4 aromatic rings. The minimum Gasteiger partial charge on any atom is -0.493 e. The van der Waals surface area contributed by atoms with Crippen LogP contribution in [0, 0.1) is 3.57 Å². The lowest BCUT2D eigenvalue weighted by atomic mass is 10.2. The highest BCUT2D eigenvalue weighted by Gasteiger charge is 2.11. The third-order valence-electron chi connectivity index (χ3n) is 4.73. The van der Waals surface area contributed by atoms with Gasteiger partial charge in [0.2, 0.25) is 0 Å². The van der Waals surface area contributed by atoms with E-state index >= 15 is 0 Å². The van der Waals surface area contributed by atoms with Gasteiger partial charge in [0.25, 0.3) is 0 Å². The second kappa shape index (κ2) is 11.2. The molecular weight excluding hydrogens is 549 g/mol. The lowest BCUT2D eigenvalue weighted by Crippen LogP contribution is -2.00. The predicted octanol–water partition coefficient (Wildman–Crippen LogP) is 8.08. The summed E-state index contributed by atoms with van der Waals surface area (Å²) < 4.78 is 18.4. The Morgan fingerprint density at radius 2 is 1.58 bits per heavy atom. The lowest BCUT2D eigenvalue weighted by molar-refractivity contribution is 0.282. The molecule has 0 saturated heterocycles. The maximum Gasteiger partial charge on any atom is 0.174 e. The zero-order valence-corrected chi connectivity index (χ0v) is 20.8. The van der Waals surface area contributed by atoms with Crippen LogP contribution in [0.3, 0.4) is 0 Å². The van der Waals surface area contributed by atoms with Crippen LogP contribution in [0.1, 0.15) is 11.1 Å². The molecule has 0 heterocycles. The third-order valence-corrected chi connectivity index (χ3v) is 5.78. The van der Waals surface area contributed by atoms with Crippen LogP contribution in [0.25, 0.3) is 0 Å². The Labute approximate surface area is 211 Å². The van der Waals surface area contributed by atoms with E-state index in [0.717, 1.165) is 31.9 Å². The lowest BCUT2D eigenvalue weighted by Gasteiger charge is -2.13. The molecule has 0 bridgehead atoms. The molecule has 0 saturated carbocycles. The monoisotopic (exact) mass is 569 g/mol. The smallest absolute Gasteiger partial charge is 0.174 e. The summed E-state index contributed by atoms with van der Waals surface area (Å²) in [6.07, 6.45) is 1.81. The van der Waals surface area contributed by atoms with E-state index in [0.29, 0.717) is 23.1 Å². The van der Waals surface area contributed by atoms with Crippen molar-refractivity contribution in [3.8, 4) is 23.0 Å². The number of benzene rings is 4. The first-order valence-electron chi connectivity index (χ1n) is 10.2. The van der Waals surface area contributed by atoms with Gasteiger partial charge in [-0.2, -0.15) is 0 Å². The average molecular weight is 570 g/mol. The molecule has 0 aliphatic heterocycles. The molecule has 4 nitrogen and oxygen atoms in total. The largest absolute Gasteiger partial charge is 0.493 e. The summed E-state index contributed by atoms with van der Waals surface area (Å²) in [5, 5.41) is 0.702. The van der Waals surface area contributed by atoms with Gasteiger partial charge < -0.3 is 14.2 Å². The Hall–Kier alpha value is -3.03. The summed E-state index contributed by atoms with van der Waals surface area (Å²) in [7, 11) is 1.63. The maximum atomic E-state index is 6.03. The Morgan fingerprint density at radius 1 is 0.879 bits per heavy atom. The van der Waals surface area contributed by atoms with Crippen LogP contribution < -0.4 is 14.2 Å². The molecule has 0 radical (unpaired) electrons. The van der Waals surface area contributed by atoms with Gasteiger partial charge in [0, 0.05) is 11.2 Å². The van der Waals surface area contributed by atoms with E-state index in [1.807, 2.05) is 91.0 Å². The molecule has 0 spiro atoms. The quantitative estimate of drug-likeness (QED) is 0.159. The molecule has 0 atom stereocenters. The van der Waals surface area contributed by atoms with E-state index in [1.165, 1.54) is 0 Å². The second-order valence-electron chi connectivity index (χ2n) is 7.12. The molecule has 0 unspecified atom stereocenters. The summed E-state index contributed by atoms with van der Waals surface area (Å²) >= 11 is 8.20. The summed E-state index contributed by atoms with van der Waals surface area (Å²) in [5.41, 5.74) is 2.77. The molecule has 0 fully saturated rings. The topological polar surface area (TPSA) is 40.0 Å². The Balaban J connectivity index is 1.44. The first-order valence-corrected chi connectivity index (χ1v) is 11.7. The molecule has 4 aromatic carbocycles. The molecule has 0 N–H and O–H groups in total. The first kappa shape index (κ1) is 23.1. The summed E-state index contributed by atoms with van der Waals surface area (Å²) in [5.74, 6) is 2.92. The minimum atomic E-state index is 0.425.